The predicted octanol–water partition coefficient (Wildman–Crippen LogP) is 5.01. The molecule has 2 aromatic rings. The van der Waals surface area contributed by atoms with Gasteiger partial charge in [-0.15, -0.1) is 0 Å². The van der Waals surface area contributed by atoms with Crippen LogP contribution in [-0.2, 0) is 0 Å². The second-order valence-corrected chi connectivity index (χ2v) is 6.81. The fraction of sp³-hybridized carbons (Fsp3) is 0.111. The van der Waals surface area contributed by atoms with Gasteiger partial charge in [0.15, 0.2) is 5.78 Å². The zero-order valence-corrected chi connectivity index (χ0v) is 15.1. The van der Waals surface area contributed by atoms with Crippen LogP contribution in [0.25, 0.3) is 0 Å². The zero-order chi connectivity index (χ0) is 18.1. The van der Waals surface area contributed by atoms with Gasteiger partial charge in [-0.2, -0.15) is 0 Å². The lowest BCUT2D eigenvalue weighted by Crippen LogP contribution is -2.50. The van der Waals surface area contributed by atoms with Crippen LogP contribution in [0.3, 0.4) is 0 Å². The lowest BCUT2D eigenvalue weighted by Gasteiger charge is -2.34. The highest BCUT2D eigenvalue weighted by atomic mass is 35.5. The predicted molar refractivity (Wildman–Crippen MR) is 99.3 cm³/mol. The summed E-state index contributed by atoms with van der Waals surface area (Å²) in [5.41, 5.74) is 1.30. The Kier molecular flexibility index (Phi) is 5.04. The summed E-state index contributed by atoms with van der Waals surface area (Å²) in [6.45, 7) is 3.84. The minimum Gasteiger partial charge on any atom is -0.330 e. The van der Waals surface area contributed by atoms with Crippen LogP contribution in [0.1, 0.15) is 22.0 Å². The van der Waals surface area contributed by atoms with Crippen LogP contribution in [0, 0.1) is 5.92 Å². The molecule has 0 radical (unpaired) electrons. The molecule has 2 aromatic carbocycles. The average Bonchev–Trinajstić information content (AvgIpc) is 2.57. The molecule has 0 saturated carbocycles. The van der Waals surface area contributed by atoms with Crippen LogP contribution in [0.2, 0.25) is 15.1 Å². The van der Waals surface area contributed by atoms with Gasteiger partial charge in [-0.3, -0.25) is 4.79 Å². The normalized spacial score (nSPS) is 20.0. The summed E-state index contributed by atoms with van der Waals surface area (Å²) < 4.78 is 0. The number of hydrogen-bond acceptors (Lipinski definition) is 2. The first kappa shape index (κ1) is 17.8. The van der Waals surface area contributed by atoms with Gasteiger partial charge < -0.3 is 10.6 Å². The quantitative estimate of drug-likeness (QED) is 0.717. The molecule has 0 aliphatic carbocycles. The summed E-state index contributed by atoms with van der Waals surface area (Å²) in [5.74, 6) is -0.954. The zero-order valence-electron chi connectivity index (χ0n) is 12.9. The van der Waals surface area contributed by atoms with Crippen LogP contribution in [0.15, 0.2) is 54.7 Å². The molecular weight excluding hydrogens is 383 g/mol. The van der Waals surface area contributed by atoms with Gasteiger partial charge in [0.25, 0.3) is 0 Å². The molecule has 1 aliphatic rings. The Morgan fingerprint density at radius 3 is 2.40 bits per heavy atom. The van der Waals surface area contributed by atoms with Crippen LogP contribution in [0.5, 0.6) is 0 Å². The van der Waals surface area contributed by atoms with E-state index in [1.165, 1.54) is 0 Å². The minimum absolute atomic E-state index is 0.213. The summed E-state index contributed by atoms with van der Waals surface area (Å²) in [5, 5.41) is 6.46. The van der Waals surface area contributed by atoms with Crippen molar-refractivity contribution in [3.05, 3.63) is 80.9 Å². The molecular formula is C18H13Cl3N2O2. The number of ketones is 1. The monoisotopic (exact) mass is 394 g/mol. The summed E-state index contributed by atoms with van der Waals surface area (Å²) in [7, 11) is 0. The minimum atomic E-state index is -0.741. The molecule has 2 atom stereocenters. The number of carbonyl (C=O) groups is 2. The highest BCUT2D eigenvalue weighted by molar-refractivity contribution is 6.42. The molecule has 1 heterocycles. The van der Waals surface area contributed by atoms with Gasteiger partial charge in [-0.1, -0.05) is 53.5 Å². The highest BCUT2D eigenvalue weighted by Crippen LogP contribution is 2.38. The smallest absolute Gasteiger partial charge is 0.319 e. The lowest BCUT2D eigenvalue weighted by atomic mass is 9.83. The van der Waals surface area contributed by atoms with Gasteiger partial charge in [0.2, 0.25) is 0 Å². The largest absolute Gasteiger partial charge is 0.330 e. The maximum absolute atomic E-state index is 13.0. The van der Waals surface area contributed by atoms with E-state index in [0.29, 0.717) is 26.9 Å². The Bertz CT molecular complexity index is 865. The van der Waals surface area contributed by atoms with Gasteiger partial charge in [-0.05, 0) is 35.9 Å². The number of nitrogens with one attached hydrogen (secondary N) is 2. The number of carbonyl (C=O) groups excluding carboxylic acids is 2. The number of halogens is 3. The summed E-state index contributed by atoms with van der Waals surface area (Å²) in [6.07, 6.45) is 0. The van der Waals surface area contributed by atoms with E-state index in [1.54, 1.807) is 42.5 Å². The third-order valence-corrected chi connectivity index (χ3v) is 5.08. The first-order chi connectivity index (χ1) is 11.9. The van der Waals surface area contributed by atoms with Crippen LogP contribution in [0.4, 0.5) is 4.79 Å². The van der Waals surface area contributed by atoms with Crippen molar-refractivity contribution >= 4 is 46.6 Å². The molecule has 0 bridgehead atoms. The first-order valence-electron chi connectivity index (χ1n) is 7.38. The van der Waals surface area contributed by atoms with Crippen LogP contribution < -0.4 is 10.6 Å². The summed E-state index contributed by atoms with van der Waals surface area (Å²) >= 11 is 18.3. The molecule has 2 amide bonds. The highest BCUT2D eigenvalue weighted by Gasteiger charge is 2.39. The second kappa shape index (κ2) is 7.08. The molecule has 4 nitrogen and oxygen atoms in total. The van der Waals surface area contributed by atoms with Crippen molar-refractivity contribution < 1.29 is 9.59 Å². The lowest BCUT2D eigenvalue weighted by molar-refractivity contribution is 0.0905. The van der Waals surface area contributed by atoms with Crippen molar-refractivity contribution in [3.63, 3.8) is 0 Å². The maximum atomic E-state index is 13.0. The Labute approximate surface area is 159 Å². The van der Waals surface area contributed by atoms with E-state index in [9.17, 15) is 9.59 Å². The van der Waals surface area contributed by atoms with Crippen molar-refractivity contribution in [2.75, 3.05) is 0 Å². The van der Waals surface area contributed by atoms with Gasteiger partial charge in [0, 0.05) is 16.3 Å². The Morgan fingerprint density at radius 1 is 1.04 bits per heavy atom. The van der Waals surface area contributed by atoms with Gasteiger partial charge in [0.05, 0.1) is 22.0 Å². The average molecular weight is 396 g/mol. The SMILES string of the molecule is C=C1NC(=O)N[C@@H](c2cccc(Cl)c2Cl)[C@H]1C(=O)c1ccc(Cl)cc1. The molecule has 0 spiro atoms. The molecule has 7 heteroatoms. The fourth-order valence-electron chi connectivity index (χ4n) is 2.81. The van der Waals surface area contributed by atoms with Crippen molar-refractivity contribution in [3.8, 4) is 0 Å². The molecule has 128 valence electrons. The maximum Gasteiger partial charge on any atom is 0.319 e. The first-order valence-corrected chi connectivity index (χ1v) is 8.52. The van der Waals surface area contributed by atoms with Crippen LogP contribution in [-0.4, -0.2) is 11.8 Å². The van der Waals surface area contributed by atoms with E-state index in [2.05, 4.69) is 17.2 Å². The fourth-order valence-corrected chi connectivity index (χ4v) is 3.36. The molecule has 0 unspecified atom stereocenters. The van der Waals surface area contributed by atoms with Crippen LogP contribution >= 0.6 is 34.8 Å². The number of amides is 2. The van der Waals surface area contributed by atoms with E-state index in [0.717, 1.165) is 0 Å². The Balaban J connectivity index is 2.05. The Morgan fingerprint density at radius 2 is 1.72 bits per heavy atom. The van der Waals surface area contributed by atoms with E-state index in [1.807, 2.05) is 0 Å². The van der Waals surface area contributed by atoms with Gasteiger partial charge in [-0.25, -0.2) is 4.79 Å². The molecule has 1 saturated heterocycles. The number of Topliss-reactive ketones (excluding diaryl/α,β-unsaturated/α-hetero) is 1. The number of hydrogen-bond donors (Lipinski definition) is 2. The van der Waals surface area contributed by atoms with E-state index in [-0.39, 0.29) is 10.8 Å². The summed E-state index contributed by atoms with van der Waals surface area (Å²) in [6, 6.07) is 10.5. The number of benzene rings is 2. The molecule has 2 N–H and O–H groups in total. The number of urea groups is 1. The molecule has 1 fully saturated rings. The number of rotatable bonds is 3. The molecule has 1 aliphatic heterocycles. The van der Waals surface area contributed by atoms with Gasteiger partial charge >= 0.3 is 6.03 Å². The van der Waals surface area contributed by atoms with Gasteiger partial charge in [0.1, 0.15) is 0 Å². The Hall–Kier alpha value is -2.01. The van der Waals surface area contributed by atoms with Crippen molar-refractivity contribution in [1.82, 2.24) is 10.6 Å². The van der Waals surface area contributed by atoms with E-state index >= 15 is 0 Å². The molecule has 0 aromatic heterocycles. The summed E-state index contributed by atoms with van der Waals surface area (Å²) in [4.78, 5) is 25.0. The third kappa shape index (κ3) is 3.52. The topological polar surface area (TPSA) is 58.2 Å². The molecule has 25 heavy (non-hydrogen) atoms. The van der Waals surface area contributed by atoms with Crippen molar-refractivity contribution in [2.24, 2.45) is 5.92 Å². The third-order valence-electron chi connectivity index (χ3n) is 4.00. The van der Waals surface area contributed by atoms with E-state index in [4.69, 9.17) is 34.8 Å². The standard InChI is InChI=1S/C18H13Cl3N2O2/c1-9-14(17(24)10-5-7-11(19)8-6-10)16(23-18(25)22-9)12-3-2-4-13(20)15(12)21/h2-8,14,16H,1H2,(H2,22,23,25)/t14-,16-/m0/s1. The van der Waals surface area contributed by atoms with Crippen molar-refractivity contribution in [2.45, 2.75) is 6.04 Å². The van der Waals surface area contributed by atoms with E-state index < -0.39 is 18.0 Å². The molecule has 3 rings (SSSR count). The second-order valence-electron chi connectivity index (χ2n) is 5.59. The van der Waals surface area contributed by atoms with Crippen molar-refractivity contribution in [1.29, 1.82) is 0 Å².